The van der Waals surface area contributed by atoms with Gasteiger partial charge >= 0.3 is 0 Å². The van der Waals surface area contributed by atoms with Gasteiger partial charge in [-0.1, -0.05) is 13.0 Å². The van der Waals surface area contributed by atoms with Gasteiger partial charge in [0.2, 0.25) is 0 Å². The molecule has 0 unspecified atom stereocenters. The molecule has 106 valence electrons. The average Bonchev–Trinajstić information content (AvgIpc) is 2.47. The first kappa shape index (κ1) is 14.5. The van der Waals surface area contributed by atoms with E-state index >= 15 is 0 Å². The summed E-state index contributed by atoms with van der Waals surface area (Å²) in [6, 6.07) is 10.8. The SMILES string of the molecule is CCS(=O)(=O)c1ccc(NCc2ccc(C)cn2)cc1. The summed E-state index contributed by atoms with van der Waals surface area (Å²) >= 11 is 0. The fraction of sp³-hybridized carbons (Fsp3) is 0.267. The van der Waals surface area contributed by atoms with Crippen LogP contribution in [-0.4, -0.2) is 19.2 Å². The van der Waals surface area contributed by atoms with Crippen LogP contribution in [0.5, 0.6) is 0 Å². The summed E-state index contributed by atoms with van der Waals surface area (Å²) in [7, 11) is -3.13. The third-order valence-electron chi connectivity index (χ3n) is 3.04. The van der Waals surface area contributed by atoms with Crippen molar-refractivity contribution in [3.05, 3.63) is 53.9 Å². The van der Waals surface area contributed by atoms with E-state index in [1.165, 1.54) is 0 Å². The topological polar surface area (TPSA) is 59.1 Å². The van der Waals surface area contributed by atoms with E-state index in [2.05, 4.69) is 10.3 Å². The molecule has 0 saturated carbocycles. The summed E-state index contributed by atoms with van der Waals surface area (Å²) in [6.45, 7) is 4.25. The highest BCUT2D eigenvalue weighted by Gasteiger charge is 2.10. The van der Waals surface area contributed by atoms with Crippen molar-refractivity contribution >= 4 is 15.5 Å². The van der Waals surface area contributed by atoms with E-state index < -0.39 is 9.84 Å². The van der Waals surface area contributed by atoms with Crippen molar-refractivity contribution in [1.82, 2.24) is 4.98 Å². The first-order chi connectivity index (χ1) is 9.51. The van der Waals surface area contributed by atoms with E-state index in [1.807, 2.05) is 25.3 Å². The number of aryl methyl sites for hydroxylation is 1. The second-order valence-corrected chi connectivity index (χ2v) is 6.89. The predicted octanol–water partition coefficient (Wildman–Crippen LogP) is 2.80. The third-order valence-corrected chi connectivity index (χ3v) is 4.79. The number of hydrogen-bond donors (Lipinski definition) is 1. The van der Waals surface area contributed by atoms with Crippen LogP contribution in [0.25, 0.3) is 0 Å². The maximum Gasteiger partial charge on any atom is 0.178 e. The molecule has 0 aliphatic rings. The number of pyridine rings is 1. The second-order valence-electron chi connectivity index (χ2n) is 4.61. The minimum Gasteiger partial charge on any atom is -0.379 e. The molecule has 20 heavy (non-hydrogen) atoms. The van der Waals surface area contributed by atoms with Gasteiger partial charge in [0, 0.05) is 11.9 Å². The zero-order valence-corrected chi connectivity index (χ0v) is 12.4. The molecule has 2 aromatic rings. The fourth-order valence-electron chi connectivity index (χ4n) is 1.74. The molecule has 0 atom stereocenters. The van der Waals surface area contributed by atoms with Crippen LogP contribution in [0.4, 0.5) is 5.69 Å². The lowest BCUT2D eigenvalue weighted by Crippen LogP contribution is -2.04. The zero-order valence-electron chi connectivity index (χ0n) is 11.6. The number of hydrogen-bond acceptors (Lipinski definition) is 4. The summed E-state index contributed by atoms with van der Waals surface area (Å²) < 4.78 is 23.4. The molecule has 0 amide bonds. The molecule has 0 bridgehead atoms. The quantitative estimate of drug-likeness (QED) is 0.920. The Kier molecular flexibility index (Phi) is 4.39. The Labute approximate surface area is 119 Å². The summed E-state index contributed by atoms with van der Waals surface area (Å²) in [5.74, 6) is 0.118. The third kappa shape index (κ3) is 3.57. The lowest BCUT2D eigenvalue weighted by atomic mass is 10.2. The standard InChI is InChI=1S/C15H18N2O2S/c1-3-20(18,19)15-8-6-13(7-9-15)17-11-14-5-4-12(2)10-16-14/h4-10,17H,3,11H2,1-2H3. The van der Waals surface area contributed by atoms with Gasteiger partial charge in [0.25, 0.3) is 0 Å². The van der Waals surface area contributed by atoms with Crippen LogP contribution in [0.15, 0.2) is 47.5 Å². The molecule has 0 aliphatic heterocycles. The van der Waals surface area contributed by atoms with Crippen LogP contribution in [0.3, 0.4) is 0 Å². The molecule has 0 fully saturated rings. The Balaban J connectivity index is 2.03. The fourth-order valence-corrected chi connectivity index (χ4v) is 2.63. The molecular formula is C15H18N2O2S. The van der Waals surface area contributed by atoms with Crippen molar-refractivity contribution in [2.24, 2.45) is 0 Å². The molecule has 4 nitrogen and oxygen atoms in total. The van der Waals surface area contributed by atoms with Crippen LogP contribution in [0, 0.1) is 6.92 Å². The number of nitrogens with zero attached hydrogens (tertiary/aromatic N) is 1. The highest BCUT2D eigenvalue weighted by molar-refractivity contribution is 7.91. The lowest BCUT2D eigenvalue weighted by Gasteiger charge is -2.07. The van der Waals surface area contributed by atoms with Crippen molar-refractivity contribution in [3.8, 4) is 0 Å². The summed E-state index contributed by atoms with van der Waals surface area (Å²) in [5.41, 5.74) is 2.95. The van der Waals surface area contributed by atoms with E-state index in [1.54, 1.807) is 31.2 Å². The molecule has 1 aromatic carbocycles. The van der Waals surface area contributed by atoms with Crippen molar-refractivity contribution < 1.29 is 8.42 Å². The first-order valence-corrected chi connectivity index (χ1v) is 8.15. The van der Waals surface area contributed by atoms with Crippen LogP contribution in [-0.2, 0) is 16.4 Å². The van der Waals surface area contributed by atoms with Gasteiger partial charge in [-0.05, 0) is 42.8 Å². The van der Waals surface area contributed by atoms with Crippen molar-refractivity contribution in [1.29, 1.82) is 0 Å². The number of rotatable bonds is 5. The molecule has 1 N–H and O–H groups in total. The lowest BCUT2D eigenvalue weighted by molar-refractivity contribution is 0.597. The minimum absolute atomic E-state index is 0.118. The first-order valence-electron chi connectivity index (χ1n) is 6.49. The van der Waals surface area contributed by atoms with E-state index in [0.29, 0.717) is 11.4 Å². The molecule has 5 heteroatoms. The number of nitrogens with one attached hydrogen (secondary N) is 1. The van der Waals surface area contributed by atoms with E-state index in [9.17, 15) is 8.42 Å². The normalized spacial score (nSPS) is 11.3. The second kappa shape index (κ2) is 6.05. The van der Waals surface area contributed by atoms with E-state index in [-0.39, 0.29) is 5.75 Å². The molecule has 0 saturated heterocycles. The highest BCUT2D eigenvalue weighted by Crippen LogP contribution is 2.15. The van der Waals surface area contributed by atoms with Gasteiger partial charge in [-0.3, -0.25) is 4.98 Å². The van der Waals surface area contributed by atoms with Gasteiger partial charge in [0.1, 0.15) is 0 Å². The van der Waals surface area contributed by atoms with Gasteiger partial charge in [0.15, 0.2) is 9.84 Å². The summed E-state index contributed by atoms with van der Waals surface area (Å²) in [6.07, 6.45) is 1.83. The number of benzene rings is 1. The Hall–Kier alpha value is -1.88. The largest absolute Gasteiger partial charge is 0.379 e. The van der Waals surface area contributed by atoms with Crippen LogP contribution >= 0.6 is 0 Å². The van der Waals surface area contributed by atoms with Gasteiger partial charge < -0.3 is 5.32 Å². The predicted molar refractivity (Wildman–Crippen MR) is 80.5 cm³/mol. The molecule has 2 rings (SSSR count). The smallest absolute Gasteiger partial charge is 0.178 e. The molecular weight excluding hydrogens is 272 g/mol. The molecule has 1 aromatic heterocycles. The Morgan fingerprint density at radius 3 is 2.35 bits per heavy atom. The van der Waals surface area contributed by atoms with Crippen molar-refractivity contribution in [2.75, 3.05) is 11.1 Å². The molecule has 1 heterocycles. The zero-order chi connectivity index (χ0) is 14.6. The van der Waals surface area contributed by atoms with Crippen LogP contribution in [0.1, 0.15) is 18.2 Å². The Morgan fingerprint density at radius 1 is 1.10 bits per heavy atom. The summed E-state index contributed by atoms with van der Waals surface area (Å²) in [4.78, 5) is 4.67. The highest BCUT2D eigenvalue weighted by atomic mass is 32.2. The molecule has 0 aliphatic carbocycles. The number of sulfone groups is 1. The van der Waals surface area contributed by atoms with E-state index in [4.69, 9.17) is 0 Å². The average molecular weight is 290 g/mol. The Morgan fingerprint density at radius 2 is 1.80 bits per heavy atom. The maximum absolute atomic E-state index is 11.7. The monoisotopic (exact) mass is 290 g/mol. The van der Waals surface area contributed by atoms with Gasteiger partial charge in [-0.2, -0.15) is 0 Å². The Bertz CT molecular complexity index is 662. The minimum atomic E-state index is -3.13. The molecule has 0 spiro atoms. The van der Waals surface area contributed by atoms with Gasteiger partial charge in [0.05, 0.1) is 22.9 Å². The van der Waals surface area contributed by atoms with Crippen LogP contribution in [0.2, 0.25) is 0 Å². The van der Waals surface area contributed by atoms with Crippen molar-refractivity contribution in [2.45, 2.75) is 25.3 Å². The van der Waals surface area contributed by atoms with Crippen molar-refractivity contribution in [3.63, 3.8) is 0 Å². The van der Waals surface area contributed by atoms with Gasteiger partial charge in [-0.15, -0.1) is 0 Å². The molecule has 0 radical (unpaired) electrons. The van der Waals surface area contributed by atoms with E-state index in [0.717, 1.165) is 16.9 Å². The number of anilines is 1. The van der Waals surface area contributed by atoms with Crippen LogP contribution < -0.4 is 5.32 Å². The summed E-state index contributed by atoms with van der Waals surface area (Å²) in [5, 5.41) is 3.22. The van der Waals surface area contributed by atoms with Gasteiger partial charge in [-0.25, -0.2) is 8.42 Å². The number of aromatic nitrogens is 1. The maximum atomic E-state index is 11.7.